The van der Waals surface area contributed by atoms with Gasteiger partial charge in [0.25, 0.3) is 5.56 Å². The Labute approximate surface area is 189 Å². The van der Waals surface area contributed by atoms with Crippen LogP contribution >= 0.6 is 11.8 Å². The largest absolute Gasteiger partial charge is 0.495 e. The van der Waals surface area contributed by atoms with Crippen LogP contribution in [0.1, 0.15) is 16.7 Å². The van der Waals surface area contributed by atoms with Gasteiger partial charge >= 0.3 is 0 Å². The van der Waals surface area contributed by atoms with Crippen molar-refractivity contribution in [1.29, 1.82) is 0 Å². The molecule has 0 amide bonds. The molecule has 2 heterocycles. The molecule has 0 unspecified atom stereocenters. The van der Waals surface area contributed by atoms with E-state index in [0.29, 0.717) is 22.6 Å². The average molecular weight is 443 g/mol. The highest BCUT2D eigenvalue weighted by Gasteiger charge is 2.20. The van der Waals surface area contributed by atoms with E-state index < -0.39 is 0 Å². The van der Waals surface area contributed by atoms with E-state index in [-0.39, 0.29) is 5.56 Å². The first-order valence-corrected chi connectivity index (χ1v) is 11.3. The minimum Gasteiger partial charge on any atom is -0.495 e. The Balaban J connectivity index is 1.74. The fourth-order valence-electron chi connectivity index (χ4n) is 3.80. The number of aromatic nitrogens is 4. The molecule has 0 bridgehead atoms. The van der Waals surface area contributed by atoms with Gasteiger partial charge in [0.15, 0.2) is 5.16 Å². The Kier molecular flexibility index (Phi) is 5.19. The Bertz CT molecular complexity index is 1500. The molecule has 7 heteroatoms. The SMILES string of the molecule is COc1ccc(C)cc1-n1c(=O)c2ccccc2n2c(SCc3ccc(C)cc3)nnc12. The van der Waals surface area contributed by atoms with Gasteiger partial charge in [0.05, 0.1) is 23.7 Å². The molecule has 0 radical (unpaired) electrons. The lowest BCUT2D eigenvalue weighted by Gasteiger charge is -2.14. The van der Waals surface area contributed by atoms with Crippen LogP contribution in [0.2, 0.25) is 0 Å². The summed E-state index contributed by atoms with van der Waals surface area (Å²) in [5.74, 6) is 1.82. The summed E-state index contributed by atoms with van der Waals surface area (Å²) in [4.78, 5) is 13.6. The van der Waals surface area contributed by atoms with Crippen LogP contribution in [0.15, 0.2) is 76.7 Å². The van der Waals surface area contributed by atoms with E-state index in [9.17, 15) is 4.79 Å². The van der Waals surface area contributed by atoms with Gasteiger partial charge in [-0.05, 0) is 49.2 Å². The lowest BCUT2D eigenvalue weighted by molar-refractivity contribution is 0.412. The molecule has 0 fully saturated rings. The van der Waals surface area contributed by atoms with Gasteiger partial charge in [0, 0.05) is 5.75 Å². The van der Waals surface area contributed by atoms with Crippen molar-refractivity contribution in [2.75, 3.05) is 7.11 Å². The first-order chi connectivity index (χ1) is 15.6. The average Bonchev–Trinajstić information content (AvgIpc) is 3.23. The van der Waals surface area contributed by atoms with Gasteiger partial charge in [-0.2, -0.15) is 0 Å². The van der Waals surface area contributed by atoms with Crippen LogP contribution in [0.3, 0.4) is 0 Å². The summed E-state index contributed by atoms with van der Waals surface area (Å²) < 4.78 is 9.12. The van der Waals surface area contributed by atoms with E-state index in [0.717, 1.165) is 22.0 Å². The van der Waals surface area contributed by atoms with Gasteiger partial charge in [-0.25, -0.2) is 4.57 Å². The zero-order chi connectivity index (χ0) is 22.2. The molecule has 0 aliphatic carbocycles. The fraction of sp³-hybridized carbons (Fsp3) is 0.160. The molecule has 0 spiro atoms. The highest BCUT2D eigenvalue weighted by atomic mass is 32.2. The maximum absolute atomic E-state index is 13.6. The van der Waals surface area contributed by atoms with Crippen LogP contribution in [0, 0.1) is 13.8 Å². The maximum atomic E-state index is 13.6. The highest BCUT2D eigenvalue weighted by Crippen LogP contribution is 2.29. The first kappa shape index (κ1) is 20.3. The van der Waals surface area contributed by atoms with Crippen molar-refractivity contribution in [2.24, 2.45) is 0 Å². The summed E-state index contributed by atoms with van der Waals surface area (Å²) >= 11 is 1.60. The number of fused-ring (bicyclic) bond motifs is 3. The van der Waals surface area contributed by atoms with Crippen molar-refractivity contribution < 1.29 is 4.74 Å². The van der Waals surface area contributed by atoms with Gasteiger partial charge in [-0.3, -0.25) is 9.20 Å². The van der Waals surface area contributed by atoms with Crippen LogP contribution in [-0.4, -0.2) is 26.3 Å². The number of methoxy groups -OCH3 is 1. The van der Waals surface area contributed by atoms with Gasteiger partial charge in [-0.15, -0.1) is 10.2 Å². The Morgan fingerprint density at radius 2 is 1.69 bits per heavy atom. The summed E-state index contributed by atoms with van der Waals surface area (Å²) in [5.41, 5.74) is 4.73. The fourth-order valence-corrected chi connectivity index (χ4v) is 4.69. The lowest BCUT2D eigenvalue weighted by Crippen LogP contribution is -2.22. The molecule has 0 aliphatic rings. The standard InChI is InChI=1S/C25H22N4O2S/c1-16-8-11-18(12-9-16)15-32-25-27-26-24-28(21-14-17(2)10-13-22(21)31-3)23(30)19-6-4-5-7-20(19)29(24)25/h4-14H,15H2,1-3H3. The molecule has 32 heavy (non-hydrogen) atoms. The predicted molar refractivity (Wildman–Crippen MR) is 128 cm³/mol. The van der Waals surface area contributed by atoms with Gasteiger partial charge < -0.3 is 4.74 Å². The van der Waals surface area contributed by atoms with Crippen LogP contribution in [-0.2, 0) is 5.75 Å². The monoisotopic (exact) mass is 442 g/mol. The number of aryl methyl sites for hydroxylation is 2. The van der Waals surface area contributed by atoms with Crippen molar-refractivity contribution in [3.8, 4) is 11.4 Å². The van der Waals surface area contributed by atoms with E-state index in [2.05, 4.69) is 41.4 Å². The van der Waals surface area contributed by atoms with Crippen molar-refractivity contribution in [3.05, 3.63) is 93.8 Å². The number of benzene rings is 3. The first-order valence-electron chi connectivity index (χ1n) is 10.3. The summed E-state index contributed by atoms with van der Waals surface area (Å²) in [6.07, 6.45) is 0. The van der Waals surface area contributed by atoms with E-state index in [1.165, 1.54) is 11.1 Å². The molecule has 0 atom stereocenters. The zero-order valence-electron chi connectivity index (χ0n) is 18.1. The van der Waals surface area contributed by atoms with Crippen molar-refractivity contribution in [3.63, 3.8) is 0 Å². The third-order valence-corrected chi connectivity index (χ3v) is 6.46. The van der Waals surface area contributed by atoms with Gasteiger partial charge in [-0.1, -0.05) is 59.8 Å². The molecule has 3 aromatic carbocycles. The summed E-state index contributed by atoms with van der Waals surface area (Å²) in [6.45, 7) is 4.06. The molecular formula is C25H22N4O2S. The van der Waals surface area contributed by atoms with E-state index >= 15 is 0 Å². The Hall–Kier alpha value is -3.58. The number of ether oxygens (including phenoxy) is 1. The quantitative estimate of drug-likeness (QED) is 0.360. The van der Waals surface area contributed by atoms with Crippen LogP contribution < -0.4 is 10.3 Å². The Morgan fingerprint density at radius 3 is 2.47 bits per heavy atom. The topological polar surface area (TPSA) is 61.4 Å². The molecule has 0 saturated carbocycles. The molecule has 2 aromatic heterocycles. The van der Waals surface area contributed by atoms with Crippen LogP contribution in [0.5, 0.6) is 5.75 Å². The van der Waals surface area contributed by atoms with Crippen LogP contribution in [0.25, 0.3) is 22.4 Å². The maximum Gasteiger partial charge on any atom is 0.267 e. The minimum atomic E-state index is -0.153. The predicted octanol–water partition coefficient (Wildman–Crippen LogP) is 4.95. The molecule has 0 saturated heterocycles. The summed E-state index contributed by atoms with van der Waals surface area (Å²) in [5, 5.41) is 10.2. The van der Waals surface area contributed by atoms with E-state index in [4.69, 9.17) is 4.74 Å². The lowest BCUT2D eigenvalue weighted by atomic mass is 10.2. The molecule has 160 valence electrons. The number of rotatable bonds is 5. The molecule has 0 N–H and O–H groups in total. The minimum absolute atomic E-state index is 0.153. The van der Waals surface area contributed by atoms with E-state index in [1.807, 2.05) is 53.8 Å². The number of para-hydroxylation sites is 1. The smallest absolute Gasteiger partial charge is 0.267 e. The third kappa shape index (κ3) is 3.44. The third-order valence-electron chi connectivity index (χ3n) is 5.46. The Morgan fingerprint density at radius 1 is 0.938 bits per heavy atom. The second-order valence-corrected chi connectivity index (χ2v) is 8.67. The number of nitrogens with zero attached hydrogens (tertiary/aromatic N) is 4. The molecule has 0 aliphatic heterocycles. The molecule has 6 nitrogen and oxygen atoms in total. The normalized spacial score (nSPS) is 11.3. The molecule has 5 rings (SSSR count). The van der Waals surface area contributed by atoms with Gasteiger partial charge in [0.2, 0.25) is 5.78 Å². The van der Waals surface area contributed by atoms with E-state index in [1.54, 1.807) is 23.4 Å². The zero-order valence-corrected chi connectivity index (χ0v) is 18.9. The summed E-state index contributed by atoms with van der Waals surface area (Å²) in [7, 11) is 1.60. The van der Waals surface area contributed by atoms with Crippen molar-refractivity contribution >= 4 is 28.4 Å². The second-order valence-electron chi connectivity index (χ2n) is 7.73. The summed E-state index contributed by atoms with van der Waals surface area (Å²) in [6, 6.07) is 21.8. The number of hydrogen-bond acceptors (Lipinski definition) is 5. The number of thioether (sulfide) groups is 1. The second kappa shape index (κ2) is 8.16. The van der Waals surface area contributed by atoms with Gasteiger partial charge in [0.1, 0.15) is 5.75 Å². The van der Waals surface area contributed by atoms with Crippen molar-refractivity contribution in [1.82, 2.24) is 19.2 Å². The van der Waals surface area contributed by atoms with Crippen molar-refractivity contribution in [2.45, 2.75) is 24.8 Å². The number of hydrogen-bond donors (Lipinski definition) is 0. The highest BCUT2D eigenvalue weighted by molar-refractivity contribution is 7.98. The molecule has 5 aromatic rings. The molecular weight excluding hydrogens is 420 g/mol. The van der Waals surface area contributed by atoms with Crippen LogP contribution in [0.4, 0.5) is 0 Å².